The first-order valence-corrected chi connectivity index (χ1v) is 11.2. The second-order valence-electron chi connectivity index (χ2n) is 8.03. The lowest BCUT2D eigenvalue weighted by Crippen LogP contribution is -2.21. The van der Waals surface area contributed by atoms with E-state index in [0.29, 0.717) is 45.4 Å². The average molecular weight is 485 g/mol. The van der Waals surface area contributed by atoms with E-state index in [2.05, 4.69) is 5.32 Å². The number of aromatic nitrogens is 3. The van der Waals surface area contributed by atoms with Crippen LogP contribution in [0.15, 0.2) is 77.6 Å². The van der Waals surface area contributed by atoms with Crippen LogP contribution in [0.3, 0.4) is 0 Å². The van der Waals surface area contributed by atoms with Gasteiger partial charge >= 0.3 is 0 Å². The average Bonchev–Trinajstić information content (AvgIpc) is 3.22. The van der Waals surface area contributed by atoms with Crippen molar-refractivity contribution in [3.8, 4) is 28.5 Å². The summed E-state index contributed by atoms with van der Waals surface area (Å²) in [4.78, 5) is 31.1. The number of imidazole rings is 1. The lowest BCUT2D eigenvalue weighted by atomic mass is 10.1. The van der Waals surface area contributed by atoms with Crippen molar-refractivity contribution in [3.05, 3.63) is 83.2 Å². The van der Waals surface area contributed by atoms with Gasteiger partial charge in [-0.3, -0.25) is 9.59 Å². The number of carbonyl (C=O) groups is 1. The van der Waals surface area contributed by atoms with Gasteiger partial charge in [-0.15, -0.1) is 0 Å². The highest BCUT2D eigenvalue weighted by atomic mass is 16.5. The van der Waals surface area contributed by atoms with Crippen LogP contribution in [0.5, 0.6) is 17.2 Å². The summed E-state index contributed by atoms with van der Waals surface area (Å²) >= 11 is 0. The molecule has 0 fully saturated rings. The minimum atomic E-state index is -0.300. The van der Waals surface area contributed by atoms with Gasteiger partial charge in [0.1, 0.15) is 23.8 Å². The Kier molecular flexibility index (Phi) is 6.03. The van der Waals surface area contributed by atoms with E-state index in [4.69, 9.17) is 19.2 Å². The molecule has 2 heterocycles. The number of para-hydroxylation sites is 2. The smallest absolute Gasteiger partial charge is 0.260 e. The standard InChI is InChI=1S/C27H24N4O5/c1-34-18-10-8-17(9-11-18)21-15-26(33)31-23-7-5-4-6-22(23)30(27(31)29-21)16-25(32)28-20-13-12-19(35-2)14-24(20)36-3/h4-15H,16H2,1-3H3,(H,28,32). The van der Waals surface area contributed by atoms with Crippen molar-refractivity contribution >= 4 is 28.4 Å². The zero-order valence-corrected chi connectivity index (χ0v) is 20.0. The normalized spacial score (nSPS) is 11.0. The molecule has 0 aliphatic carbocycles. The van der Waals surface area contributed by atoms with Crippen LogP contribution in [0.4, 0.5) is 5.69 Å². The number of benzene rings is 3. The summed E-state index contributed by atoms with van der Waals surface area (Å²) in [7, 11) is 4.68. The fourth-order valence-corrected chi connectivity index (χ4v) is 4.17. The minimum Gasteiger partial charge on any atom is -0.497 e. The van der Waals surface area contributed by atoms with E-state index in [-0.39, 0.29) is 18.0 Å². The van der Waals surface area contributed by atoms with Gasteiger partial charge in [0.15, 0.2) is 0 Å². The molecule has 3 aromatic carbocycles. The molecule has 9 heteroatoms. The van der Waals surface area contributed by atoms with Crippen molar-refractivity contribution in [3.63, 3.8) is 0 Å². The zero-order valence-electron chi connectivity index (χ0n) is 20.0. The highest BCUT2D eigenvalue weighted by Gasteiger charge is 2.18. The maximum atomic E-state index is 13.2. The van der Waals surface area contributed by atoms with Gasteiger partial charge < -0.3 is 24.1 Å². The van der Waals surface area contributed by atoms with Gasteiger partial charge in [0.25, 0.3) is 5.56 Å². The topological polar surface area (TPSA) is 96.1 Å². The number of amides is 1. The predicted octanol–water partition coefficient (Wildman–Crippen LogP) is 3.98. The number of ether oxygens (including phenoxy) is 3. The summed E-state index contributed by atoms with van der Waals surface area (Å²) < 4.78 is 19.1. The van der Waals surface area contributed by atoms with Crippen LogP contribution >= 0.6 is 0 Å². The van der Waals surface area contributed by atoms with Crippen LogP contribution in [-0.2, 0) is 11.3 Å². The van der Waals surface area contributed by atoms with E-state index >= 15 is 0 Å². The number of methoxy groups -OCH3 is 3. The van der Waals surface area contributed by atoms with E-state index in [1.807, 2.05) is 48.5 Å². The number of carbonyl (C=O) groups excluding carboxylic acids is 1. The number of hydrogen-bond acceptors (Lipinski definition) is 6. The number of nitrogens with one attached hydrogen (secondary N) is 1. The molecule has 0 atom stereocenters. The SMILES string of the molecule is COc1ccc(-c2cc(=O)n3c4ccccc4n(CC(=O)Nc4ccc(OC)cc4OC)c3n2)cc1. The van der Waals surface area contributed by atoms with Gasteiger partial charge in [-0.1, -0.05) is 12.1 Å². The summed E-state index contributed by atoms with van der Waals surface area (Å²) in [5.74, 6) is 1.86. The number of rotatable bonds is 7. The van der Waals surface area contributed by atoms with Crippen molar-refractivity contribution in [1.82, 2.24) is 14.0 Å². The second kappa shape index (κ2) is 9.46. The Bertz CT molecular complexity index is 1640. The Morgan fingerprint density at radius 3 is 2.25 bits per heavy atom. The number of fused-ring (bicyclic) bond motifs is 3. The van der Waals surface area contributed by atoms with Crippen molar-refractivity contribution < 1.29 is 19.0 Å². The quantitative estimate of drug-likeness (QED) is 0.375. The van der Waals surface area contributed by atoms with Crippen LogP contribution < -0.4 is 25.1 Å². The minimum absolute atomic E-state index is 0.0648. The number of hydrogen-bond donors (Lipinski definition) is 1. The first-order chi connectivity index (χ1) is 17.5. The number of nitrogens with zero attached hydrogens (tertiary/aromatic N) is 3. The highest BCUT2D eigenvalue weighted by molar-refractivity contribution is 5.94. The monoisotopic (exact) mass is 484 g/mol. The molecule has 182 valence electrons. The molecule has 1 N–H and O–H groups in total. The highest BCUT2D eigenvalue weighted by Crippen LogP contribution is 2.29. The molecule has 0 bridgehead atoms. The first-order valence-electron chi connectivity index (χ1n) is 11.2. The van der Waals surface area contributed by atoms with Gasteiger partial charge in [-0.05, 0) is 48.5 Å². The van der Waals surface area contributed by atoms with E-state index in [1.165, 1.54) is 17.6 Å². The van der Waals surface area contributed by atoms with E-state index in [0.717, 1.165) is 5.56 Å². The molecule has 5 aromatic rings. The van der Waals surface area contributed by atoms with Gasteiger partial charge in [-0.2, -0.15) is 0 Å². The maximum Gasteiger partial charge on any atom is 0.260 e. The third-order valence-electron chi connectivity index (χ3n) is 5.93. The van der Waals surface area contributed by atoms with Crippen molar-refractivity contribution in [2.75, 3.05) is 26.6 Å². The third-order valence-corrected chi connectivity index (χ3v) is 5.93. The lowest BCUT2D eigenvalue weighted by Gasteiger charge is -2.12. The molecule has 2 aromatic heterocycles. The Labute approximate surface area is 206 Å². The Morgan fingerprint density at radius 1 is 0.861 bits per heavy atom. The largest absolute Gasteiger partial charge is 0.497 e. The number of anilines is 1. The summed E-state index contributed by atoms with van der Waals surface area (Å²) in [6.45, 7) is -0.0648. The lowest BCUT2D eigenvalue weighted by molar-refractivity contribution is -0.116. The van der Waals surface area contributed by atoms with Crippen molar-refractivity contribution in [2.24, 2.45) is 0 Å². The van der Waals surface area contributed by atoms with Crippen LogP contribution in [0.2, 0.25) is 0 Å². The van der Waals surface area contributed by atoms with Gasteiger partial charge in [0.2, 0.25) is 11.7 Å². The Balaban J connectivity index is 1.58. The molecule has 0 spiro atoms. The van der Waals surface area contributed by atoms with Crippen LogP contribution in [-0.4, -0.2) is 41.2 Å². The van der Waals surface area contributed by atoms with E-state index in [1.54, 1.807) is 37.0 Å². The summed E-state index contributed by atoms with van der Waals surface area (Å²) in [5.41, 5.74) is 2.92. The summed E-state index contributed by atoms with van der Waals surface area (Å²) in [6, 6.07) is 21.3. The molecule has 0 saturated carbocycles. The van der Waals surface area contributed by atoms with Crippen LogP contribution in [0.25, 0.3) is 28.1 Å². The van der Waals surface area contributed by atoms with Crippen LogP contribution in [0.1, 0.15) is 0 Å². The summed E-state index contributed by atoms with van der Waals surface area (Å²) in [5, 5.41) is 2.88. The second-order valence-corrected chi connectivity index (χ2v) is 8.03. The maximum absolute atomic E-state index is 13.2. The third kappa shape index (κ3) is 4.11. The molecule has 0 saturated heterocycles. The van der Waals surface area contributed by atoms with Crippen molar-refractivity contribution in [2.45, 2.75) is 6.54 Å². The summed E-state index contributed by atoms with van der Waals surface area (Å²) in [6.07, 6.45) is 0. The molecule has 1 amide bonds. The van der Waals surface area contributed by atoms with Gasteiger partial charge in [-0.25, -0.2) is 9.38 Å². The molecule has 0 aliphatic rings. The first kappa shape index (κ1) is 23.0. The molecular formula is C27H24N4O5. The molecule has 0 unspecified atom stereocenters. The molecule has 0 radical (unpaired) electrons. The molecule has 36 heavy (non-hydrogen) atoms. The Hall–Kier alpha value is -4.79. The molecule has 0 aliphatic heterocycles. The van der Waals surface area contributed by atoms with Gasteiger partial charge in [0, 0.05) is 17.7 Å². The zero-order chi connectivity index (χ0) is 25.2. The van der Waals surface area contributed by atoms with E-state index in [9.17, 15) is 9.59 Å². The molecular weight excluding hydrogens is 460 g/mol. The fraction of sp³-hybridized carbons (Fsp3) is 0.148. The fourth-order valence-electron chi connectivity index (χ4n) is 4.17. The van der Waals surface area contributed by atoms with E-state index < -0.39 is 0 Å². The predicted molar refractivity (Wildman–Crippen MR) is 137 cm³/mol. The Morgan fingerprint density at radius 2 is 1.56 bits per heavy atom. The van der Waals surface area contributed by atoms with Crippen molar-refractivity contribution in [1.29, 1.82) is 0 Å². The molecule has 9 nitrogen and oxygen atoms in total. The van der Waals surface area contributed by atoms with Crippen LogP contribution in [0, 0.1) is 0 Å². The van der Waals surface area contributed by atoms with Gasteiger partial charge in [0.05, 0.1) is 43.7 Å². The molecule has 5 rings (SSSR count).